The summed E-state index contributed by atoms with van der Waals surface area (Å²) >= 11 is 0. The number of non-ortho nitro benzene ring substituents is 1. The Kier molecular flexibility index (Phi) is 5.01. The van der Waals surface area contributed by atoms with Gasteiger partial charge in [0.25, 0.3) is 5.69 Å². The van der Waals surface area contributed by atoms with Crippen LogP contribution in [0.15, 0.2) is 18.2 Å². The molecule has 0 radical (unpaired) electrons. The molecule has 0 fully saturated rings. The van der Waals surface area contributed by atoms with Crippen LogP contribution in [-0.4, -0.2) is 28.2 Å². The third-order valence-corrected chi connectivity index (χ3v) is 2.21. The zero-order valence-corrected chi connectivity index (χ0v) is 11.0. The molecule has 1 rings (SSSR count). The number of carbonyl (C=O) groups excluding carboxylic acids is 1. The number of carboxylic acid groups (broad SMARTS) is 1. The zero-order chi connectivity index (χ0) is 15.3. The van der Waals surface area contributed by atoms with Crippen LogP contribution in [0.5, 0.6) is 0 Å². The molecule has 0 heterocycles. The van der Waals surface area contributed by atoms with Gasteiger partial charge in [0.15, 0.2) is 0 Å². The van der Waals surface area contributed by atoms with E-state index in [0.29, 0.717) is 5.56 Å². The molecular weight excluding hydrogens is 268 g/mol. The van der Waals surface area contributed by atoms with E-state index in [2.05, 4.69) is 5.32 Å². The molecule has 2 N–H and O–H groups in total. The predicted molar refractivity (Wildman–Crippen MR) is 68.5 cm³/mol. The van der Waals surface area contributed by atoms with E-state index in [1.54, 1.807) is 13.8 Å². The largest absolute Gasteiger partial charge is 0.478 e. The third-order valence-electron chi connectivity index (χ3n) is 2.21. The normalized spacial score (nSPS) is 10.2. The summed E-state index contributed by atoms with van der Waals surface area (Å²) in [5.41, 5.74) is -0.260. The fourth-order valence-electron chi connectivity index (χ4n) is 1.43. The number of carboxylic acids is 1. The second kappa shape index (κ2) is 6.50. The fraction of sp³-hybridized carbons (Fsp3) is 0.333. The van der Waals surface area contributed by atoms with Crippen molar-refractivity contribution in [1.29, 1.82) is 0 Å². The van der Waals surface area contributed by atoms with Crippen LogP contribution in [-0.2, 0) is 11.3 Å². The molecule has 1 aromatic carbocycles. The number of aromatic carboxylic acids is 1. The maximum atomic E-state index is 11.3. The minimum absolute atomic E-state index is 0.0620. The molecule has 108 valence electrons. The van der Waals surface area contributed by atoms with Crippen molar-refractivity contribution < 1.29 is 24.4 Å². The minimum atomic E-state index is -1.28. The lowest BCUT2D eigenvalue weighted by molar-refractivity contribution is -0.385. The number of rotatable bonds is 5. The summed E-state index contributed by atoms with van der Waals surface area (Å²) in [6, 6.07) is 3.41. The Morgan fingerprint density at radius 1 is 1.40 bits per heavy atom. The van der Waals surface area contributed by atoms with Gasteiger partial charge in [-0.15, -0.1) is 0 Å². The summed E-state index contributed by atoms with van der Waals surface area (Å²) in [5.74, 6) is -1.28. The molecule has 1 aromatic rings. The van der Waals surface area contributed by atoms with Crippen LogP contribution >= 0.6 is 0 Å². The maximum Gasteiger partial charge on any atom is 0.407 e. The minimum Gasteiger partial charge on any atom is -0.478 e. The van der Waals surface area contributed by atoms with Crippen molar-refractivity contribution in [2.45, 2.75) is 26.5 Å². The first kappa shape index (κ1) is 15.4. The highest BCUT2D eigenvalue weighted by atomic mass is 16.6. The molecule has 0 unspecified atom stereocenters. The number of alkyl carbamates (subject to hydrolysis) is 1. The number of hydrogen-bond acceptors (Lipinski definition) is 5. The summed E-state index contributed by atoms with van der Waals surface area (Å²) in [6.07, 6.45) is -0.974. The fourth-order valence-corrected chi connectivity index (χ4v) is 1.43. The molecule has 0 aliphatic rings. The number of carbonyl (C=O) groups is 2. The number of nitrogens with zero attached hydrogens (tertiary/aromatic N) is 1. The second-order valence-electron chi connectivity index (χ2n) is 4.26. The second-order valence-corrected chi connectivity index (χ2v) is 4.26. The lowest BCUT2D eigenvalue weighted by Crippen LogP contribution is -2.26. The first-order chi connectivity index (χ1) is 9.29. The molecule has 20 heavy (non-hydrogen) atoms. The molecule has 0 aliphatic heterocycles. The van der Waals surface area contributed by atoms with Gasteiger partial charge in [-0.1, -0.05) is 0 Å². The van der Waals surface area contributed by atoms with Gasteiger partial charge in [0.1, 0.15) is 0 Å². The highest BCUT2D eigenvalue weighted by Gasteiger charge is 2.14. The average molecular weight is 282 g/mol. The number of hydrogen-bond donors (Lipinski definition) is 2. The molecule has 0 bridgehead atoms. The van der Waals surface area contributed by atoms with Crippen molar-refractivity contribution in [1.82, 2.24) is 5.32 Å². The lowest BCUT2D eigenvalue weighted by Gasteiger charge is -2.09. The molecule has 8 heteroatoms. The number of amides is 1. The highest BCUT2D eigenvalue weighted by molar-refractivity contribution is 5.88. The number of nitrogens with one attached hydrogen (secondary N) is 1. The van der Waals surface area contributed by atoms with Gasteiger partial charge in [-0.2, -0.15) is 0 Å². The molecule has 8 nitrogen and oxygen atoms in total. The van der Waals surface area contributed by atoms with Crippen molar-refractivity contribution in [2.24, 2.45) is 0 Å². The van der Waals surface area contributed by atoms with Crippen LogP contribution in [0, 0.1) is 10.1 Å². The van der Waals surface area contributed by atoms with Crippen LogP contribution < -0.4 is 5.32 Å². The van der Waals surface area contributed by atoms with Gasteiger partial charge in [-0.25, -0.2) is 9.59 Å². The highest BCUT2D eigenvalue weighted by Crippen LogP contribution is 2.17. The Balaban J connectivity index is 2.86. The Bertz CT molecular complexity index is 508. The SMILES string of the molecule is CC(C)OC(=O)NCc1cc(C(=O)O)cc([N+](=O)[O-])c1. The van der Waals surface area contributed by atoms with E-state index in [9.17, 15) is 19.7 Å². The third kappa shape index (κ3) is 4.56. The zero-order valence-electron chi connectivity index (χ0n) is 11.0. The van der Waals surface area contributed by atoms with Crippen molar-refractivity contribution in [2.75, 3.05) is 0 Å². The van der Waals surface area contributed by atoms with E-state index in [1.807, 2.05) is 0 Å². The van der Waals surface area contributed by atoms with E-state index >= 15 is 0 Å². The van der Waals surface area contributed by atoms with Gasteiger partial charge < -0.3 is 15.2 Å². The van der Waals surface area contributed by atoms with Crippen LogP contribution in [0.2, 0.25) is 0 Å². The summed E-state index contributed by atoms with van der Waals surface area (Å²) in [7, 11) is 0. The molecule has 0 aliphatic carbocycles. The average Bonchev–Trinajstić information content (AvgIpc) is 2.35. The quantitative estimate of drug-likeness (QED) is 0.629. The van der Waals surface area contributed by atoms with Crippen LogP contribution in [0.1, 0.15) is 29.8 Å². The van der Waals surface area contributed by atoms with Gasteiger partial charge in [0.05, 0.1) is 16.6 Å². The van der Waals surface area contributed by atoms with Crippen LogP contribution in [0.25, 0.3) is 0 Å². The first-order valence-electron chi connectivity index (χ1n) is 5.75. The summed E-state index contributed by atoms with van der Waals surface area (Å²) < 4.78 is 4.83. The molecule has 1 amide bonds. The Morgan fingerprint density at radius 3 is 2.55 bits per heavy atom. The standard InChI is InChI=1S/C12H14N2O6/c1-7(2)20-12(17)13-6-8-3-9(11(15)16)5-10(4-8)14(18)19/h3-5,7H,6H2,1-2H3,(H,13,17)(H,15,16). The van der Waals surface area contributed by atoms with Crippen molar-refractivity contribution >= 4 is 17.7 Å². The molecule has 0 saturated carbocycles. The lowest BCUT2D eigenvalue weighted by atomic mass is 10.1. The summed E-state index contributed by atoms with van der Waals surface area (Å²) in [4.78, 5) is 32.2. The van der Waals surface area contributed by atoms with Crippen LogP contribution in [0.3, 0.4) is 0 Å². The first-order valence-corrected chi connectivity index (χ1v) is 5.75. The van der Waals surface area contributed by atoms with E-state index in [1.165, 1.54) is 12.1 Å². The van der Waals surface area contributed by atoms with E-state index in [4.69, 9.17) is 9.84 Å². The van der Waals surface area contributed by atoms with E-state index < -0.39 is 17.0 Å². The number of ether oxygens (including phenoxy) is 1. The number of nitro groups is 1. The monoisotopic (exact) mass is 282 g/mol. The van der Waals surface area contributed by atoms with Crippen LogP contribution in [0.4, 0.5) is 10.5 Å². The summed E-state index contributed by atoms with van der Waals surface area (Å²) in [6.45, 7) is 3.29. The number of benzene rings is 1. The molecule has 0 aromatic heterocycles. The van der Waals surface area contributed by atoms with E-state index in [-0.39, 0.29) is 23.9 Å². The van der Waals surface area contributed by atoms with Gasteiger partial charge >= 0.3 is 12.1 Å². The Hall–Kier alpha value is -2.64. The number of nitro benzene ring substituents is 1. The van der Waals surface area contributed by atoms with Crippen molar-refractivity contribution in [3.8, 4) is 0 Å². The van der Waals surface area contributed by atoms with Crippen molar-refractivity contribution in [3.05, 3.63) is 39.4 Å². The van der Waals surface area contributed by atoms with Gasteiger partial charge in [0.2, 0.25) is 0 Å². The van der Waals surface area contributed by atoms with Crippen molar-refractivity contribution in [3.63, 3.8) is 0 Å². The molecule has 0 atom stereocenters. The maximum absolute atomic E-state index is 11.3. The Morgan fingerprint density at radius 2 is 2.05 bits per heavy atom. The molecule has 0 saturated heterocycles. The smallest absolute Gasteiger partial charge is 0.407 e. The predicted octanol–water partition coefficient (Wildman–Crippen LogP) is 1.93. The Labute approximate surface area is 114 Å². The topological polar surface area (TPSA) is 119 Å². The molecule has 0 spiro atoms. The van der Waals surface area contributed by atoms with Gasteiger partial charge in [0, 0.05) is 18.7 Å². The van der Waals surface area contributed by atoms with Gasteiger partial charge in [-0.05, 0) is 25.5 Å². The molecular formula is C12H14N2O6. The summed E-state index contributed by atoms with van der Waals surface area (Å²) in [5, 5.41) is 22.0. The van der Waals surface area contributed by atoms with Gasteiger partial charge in [-0.3, -0.25) is 10.1 Å². The van der Waals surface area contributed by atoms with E-state index in [0.717, 1.165) is 6.07 Å².